The molecule has 37 heavy (non-hydrogen) atoms. The predicted molar refractivity (Wildman–Crippen MR) is 135 cm³/mol. The first-order valence-corrected chi connectivity index (χ1v) is 12.1. The summed E-state index contributed by atoms with van der Waals surface area (Å²) in [5.74, 6) is -0.418. The van der Waals surface area contributed by atoms with Gasteiger partial charge in [0.2, 0.25) is 0 Å². The van der Waals surface area contributed by atoms with Gasteiger partial charge in [-0.2, -0.15) is 18.4 Å². The van der Waals surface area contributed by atoms with E-state index in [0.29, 0.717) is 34.3 Å². The van der Waals surface area contributed by atoms with Gasteiger partial charge in [0.1, 0.15) is 5.60 Å². The van der Waals surface area contributed by atoms with Gasteiger partial charge in [-0.05, 0) is 56.7 Å². The summed E-state index contributed by atoms with van der Waals surface area (Å²) in [6, 6.07) is 10.3. The fraction of sp³-hybridized carbons (Fsp3) is 0.346. The van der Waals surface area contributed by atoms with E-state index < -0.39 is 35.4 Å². The molecule has 1 unspecified atom stereocenters. The Morgan fingerprint density at radius 2 is 1.89 bits per heavy atom. The smallest absolute Gasteiger partial charge is 0.416 e. The van der Waals surface area contributed by atoms with E-state index in [-0.39, 0.29) is 11.3 Å². The van der Waals surface area contributed by atoms with Crippen LogP contribution in [-0.2, 0) is 15.7 Å². The number of hydrogen-bond acceptors (Lipinski definition) is 5. The van der Waals surface area contributed by atoms with Crippen LogP contribution in [0.2, 0.25) is 0 Å². The molecule has 1 aliphatic heterocycles. The number of nitriles is 1. The van der Waals surface area contributed by atoms with Crippen LogP contribution in [0.25, 0.3) is 0 Å². The maximum Gasteiger partial charge on any atom is 0.416 e. The number of nitrogens with one attached hydrogen (secondary N) is 2. The molecule has 0 bridgehead atoms. The summed E-state index contributed by atoms with van der Waals surface area (Å²) in [6.45, 7) is 5.40. The SMILES string of the molecule is CN1CCC(Nc2cccc(C(F)(F)F)c2)=C(C(NC(=O)OC(C)(C)C)c2ccc(C#N)cc2Br)C1=O. The zero-order chi connectivity index (χ0) is 27.5. The molecule has 1 aliphatic rings. The van der Waals surface area contributed by atoms with Gasteiger partial charge in [-0.25, -0.2) is 4.79 Å². The van der Waals surface area contributed by atoms with E-state index in [4.69, 9.17) is 4.74 Å². The van der Waals surface area contributed by atoms with Gasteiger partial charge in [0.15, 0.2) is 0 Å². The molecule has 3 rings (SSSR count). The molecule has 0 saturated heterocycles. The number of nitrogens with zero attached hydrogens (tertiary/aromatic N) is 2. The van der Waals surface area contributed by atoms with Crippen LogP contribution in [0.15, 0.2) is 58.2 Å². The van der Waals surface area contributed by atoms with Crippen molar-refractivity contribution >= 4 is 33.6 Å². The summed E-state index contributed by atoms with van der Waals surface area (Å²) in [7, 11) is 1.60. The fourth-order valence-corrected chi connectivity index (χ4v) is 4.39. The van der Waals surface area contributed by atoms with Crippen molar-refractivity contribution in [3.8, 4) is 6.07 Å². The minimum absolute atomic E-state index is 0.141. The highest BCUT2D eigenvalue weighted by molar-refractivity contribution is 9.10. The molecule has 0 radical (unpaired) electrons. The monoisotopic (exact) mass is 578 g/mol. The zero-order valence-electron chi connectivity index (χ0n) is 20.7. The number of hydrogen-bond donors (Lipinski definition) is 2. The molecule has 196 valence electrons. The van der Waals surface area contributed by atoms with Gasteiger partial charge in [0.05, 0.1) is 28.8 Å². The highest BCUT2D eigenvalue weighted by Gasteiger charge is 2.35. The minimum Gasteiger partial charge on any atom is -0.444 e. The molecule has 2 aromatic rings. The molecule has 0 aliphatic carbocycles. The molecule has 0 fully saturated rings. The van der Waals surface area contributed by atoms with E-state index in [9.17, 15) is 28.0 Å². The number of alkyl halides is 3. The van der Waals surface area contributed by atoms with Gasteiger partial charge in [0.25, 0.3) is 5.91 Å². The van der Waals surface area contributed by atoms with Gasteiger partial charge < -0.3 is 20.3 Å². The number of alkyl carbamates (subject to hydrolysis) is 1. The Hall–Kier alpha value is -3.52. The van der Waals surface area contributed by atoms with E-state index >= 15 is 0 Å². The third-order valence-corrected chi connectivity index (χ3v) is 6.16. The standard InChI is InChI=1S/C26H26BrF3N4O3/c1-25(2,3)37-24(36)33-22(18-9-8-15(14-31)12-19(18)27)21-20(10-11-34(4)23(21)35)32-17-7-5-6-16(13-17)26(28,29)30/h5-9,12-13,22,32H,10-11H2,1-4H3,(H,33,36). The maximum atomic E-state index is 13.5. The second-order valence-corrected chi connectivity index (χ2v) is 10.4. The van der Waals surface area contributed by atoms with Crippen LogP contribution in [0.1, 0.15) is 49.9 Å². The number of ether oxygens (including phenoxy) is 1. The summed E-state index contributed by atoms with van der Waals surface area (Å²) >= 11 is 3.42. The third-order valence-electron chi connectivity index (χ3n) is 5.47. The molecule has 0 spiro atoms. The lowest BCUT2D eigenvalue weighted by molar-refractivity contribution is -0.137. The lowest BCUT2D eigenvalue weighted by Crippen LogP contribution is -2.43. The molecule has 0 aromatic heterocycles. The first-order chi connectivity index (χ1) is 17.2. The van der Waals surface area contributed by atoms with Crippen LogP contribution in [0, 0.1) is 11.3 Å². The average Bonchev–Trinajstić information content (AvgIpc) is 2.79. The summed E-state index contributed by atoms with van der Waals surface area (Å²) < 4.78 is 45.7. The molecule has 7 nitrogen and oxygen atoms in total. The van der Waals surface area contributed by atoms with Gasteiger partial charge in [0, 0.05) is 35.9 Å². The van der Waals surface area contributed by atoms with Crippen molar-refractivity contribution in [2.75, 3.05) is 18.9 Å². The quantitative estimate of drug-likeness (QED) is 0.445. The number of anilines is 1. The largest absolute Gasteiger partial charge is 0.444 e. The van der Waals surface area contributed by atoms with Gasteiger partial charge >= 0.3 is 12.3 Å². The Labute approximate surface area is 221 Å². The molecular weight excluding hydrogens is 553 g/mol. The van der Waals surface area contributed by atoms with Crippen molar-refractivity contribution in [3.63, 3.8) is 0 Å². The van der Waals surface area contributed by atoms with Crippen molar-refractivity contribution < 1.29 is 27.5 Å². The first-order valence-electron chi connectivity index (χ1n) is 11.3. The topological polar surface area (TPSA) is 94.5 Å². The van der Waals surface area contributed by atoms with Crippen LogP contribution in [0.5, 0.6) is 0 Å². The lowest BCUT2D eigenvalue weighted by Gasteiger charge is -2.33. The molecule has 0 saturated carbocycles. The van der Waals surface area contributed by atoms with Gasteiger partial charge in [-0.15, -0.1) is 0 Å². The molecule has 1 heterocycles. The lowest BCUT2D eigenvalue weighted by atomic mass is 9.91. The molecule has 2 amide bonds. The summed E-state index contributed by atoms with van der Waals surface area (Å²) in [4.78, 5) is 27.8. The van der Waals surface area contributed by atoms with Crippen LogP contribution in [-0.4, -0.2) is 36.1 Å². The molecule has 2 aromatic carbocycles. The van der Waals surface area contributed by atoms with E-state index in [0.717, 1.165) is 12.1 Å². The van der Waals surface area contributed by atoms with Crippen molar-refractivity contribution in [2.45, 2.75) is 45.0 Å². The van der Waals surface area contributed by atoms with E-state index in [1.807, 2.05) is 6.07 Å². The van der Waals surface area contributed by atoms with Crippen LogP contribution in [0.3, 0.4) is 0 Å². The number of halogens is 4. The van der Waals surface area contributed by atoms with Gasteiger partial charge in [-0.1, -0.05) is 28.1 Å². The van der Waals surface area contributed by atoms with Crippen molar-refractivity contribution in [1.82, 2.24) is 10.2 Å². The third kappa shape index (κ3) is 7.04. The van der Waals surface area contributed by atoms with Crippen molar-refractivity contribution in [3.05, 3.63) is 74.9 Å². The summed E-state index contributed by atoms with van der Waals surface area (Å²) in [6.07, 6.45) is -5.03. The fourth-order valence-electron chi connectivity index (χ4n) is 3.79. The molecule has 2 N–H and O–H groups in total. The summed E-state index contributed by atoms with van der Waals surface area (Å²) in [5, 5.41) is 15.0. The molecule has 1 atom stereocenters. The van der Waals surface area contributed by atoms with E-state index in [2.05, 4.69) is 26.6 Å². The highest BCUT2D eigenvalue weighted by Crippen LogP contribution is 2.36. The van der Waals surface area contributed by atoms with Crippen LogP contribution >= 0.6 is 15.9 Å². The van der Waals surface area contributed by atoms with Crippen LogP contribution in [0.4, 0.5) is 23.7 Å². The molecular formula is C26H26BrF3N4O3. The second kappa shape index (κ2) is 10.8. The van der Waals surface area contributed by atoms with Gasteiger partial charge in [-0.3, -0.25) is 4.79 Å². The Balaban J connectivity index is 2.15. The molecule has 11 heteroatoms. The Morgan fingerprint density at radius 3 is 2.49 bits per heavy atom. The Morgan fingerprint density at radius 1 is 1.19 bits per heavy atom. The zero-order valence-corrected chi connectivity index (χ0v) is 22.3. The Kier molecular flexibility index (Phi) is 8.22. The van der Waals surface area contributed by atoms with Crippen molar-refractivity contribution in [2.24, 2.45) is 0 Å². The van der Waals surface area contributed by atoms with E-state index in [1.165, 1.54) is 17.0 Å². The second-order valence-electron chi connectivity index (χ2n) is 9.50. The normalized spacial score (nSPS) is 15.2. The average molecular weight is 579 g/mol. The van der Waals surface area contributed by atoms with Crippen LogP contribution < -0.4 is 10.6 Å². The Bertz CT molecular complexity index is 1280. The predicted octanol–water partition coefficient (Wildman–Crippen LogP) is 6.13. The highest BCUT2D eigenvalue weighted by atomic mass is 79.9. The number of benzene rings is 2. The number of carbonyl (C=O) groups is 2. The number of likely N-dealkylation sites (N-methyl/N-ethyl adjacent to an activating group) is 1. The van der Waals surface area contributed by atoms with Crippen molar-refractivity contribution in [1.29, 1.82) is 5.26 Å². The maximum absolute atomic E-state index is 13.5. The minimum atomic E-state index is -4.54. The summed E-state index contributed by atoms with van der Waals surface area (Å²) in [5.41, 5.74) is -0.187. The first kappa shape index (κ1) is 28.1. The number of rotatable bonds is 5. The number of carbonyl (C=O) groups excluding carboxylic acids is 2. The number of amides is 2. The van der Waals surface area contributed by atoms with E-state index in [1.54, 1.807) is 46.0 Å².